The number of halogens is 5. The summed E-state index contributed by atoms with van der Waals surface area (Å²) < 4.78 is 68.8. The molecule has 0 radical (unpaired) electrons. The Kier molecular flexibility index (Phi) is 6.04. The molecule has 1 heterocycles. The molecule has 194 valence electrons. The standard InChI is InChI=1S/C29H26F5NO2/c1-27(31,29(32,33)34)21-8-11-24-19(15-21)7-12-25-28(24,17-18-5-9-22(30)10-6-18)13-14-35(25)23-4-2-3-20(16-23)26(36)37/h2-6,8-11,15-16,25H,7,12-14,17H2,1H3,(H,36,37)/t25-,27?,28-/m1/s1. The number of rotatable bonds is 5. The Balaban J connectivity index is 1.60. The van der Waals surface area contributed by atoms with Crippen molar-refractivity contribution in [3.63, 3.8) is 0 Å². The molecule has 37 heavy (non-hydrogen) atoms. The molecule has 0 amide bonds. The van der Waals surface area contributed by atoms with Gasteiger partial charge in [-0.1, -0.05) is 36.4 Å². The van der Waals surface area contributed by atoms with Gasteiger partial charge in [0.1, 0.15) is 5.82 Å². The Morgan fingerprint density at radius 2 is 1.78 bits per heavy atom. The van der Waals surface area contributed by atoms with Crippen molar-refractivity contribution in [3.8, 4) is 0 Å². The van der Waals surface area contributed by atoms with Crippen LogP contribution in [0.2, 0.25) is 0 Å². The first-order valence-corrected chi connectivity index (χ1v) is 12.2. The average Bonchev–Trinajstić information content (AvgIpc) is 3.24. The summed E-state index contributed by atoms with van der Waals surface area (Å²) in [6.07, 6.45) is -2.80. The van der Waals surface area contributed by atoms with E-state index in [-0.39, 0.29) is 17.4 Å². The van der Waals surface area contributed by atoms with Crippen molar-refractivity contribution in [3.05, 3.63) is 100 Å². The molecular weight excluding hydrogens is 489 g/mol. The molecule has 3 nitrogen and oxygen atoms in total. The van der Waals surface area contributed by atoms with Gasteiger partial charge in [0.2, 0.25) is 5.67 Å². The molecule has 1 aliphatic carbocycles. The highest BCUT2D eigenvalue weighted by atomic mass is 19.4. The van der Waals surface area contributed by atoms with Gasteiger partial charge in [-0.25, -0.2) is 13.6 Å². The smallest absolute Gasteiger partial charge is 0.426 e. The summed E-state index contributed by atoms with van der Waals surface area (Å²) in [5.41, 5.74) is -1.04. The quantitative estimate of drug-likeness (QED) is 0.373. The Bertz CT molecular complexity index is 1330. The monoisotopic (exact) mass is 515 g/mol. The summed E-state index contributed by atoms with van der Waals surface area (Å²) in [4.78, 5) is 13.7. The van der Waals surface area contributed by atoms with Crippen LogP contribution in [-0.4, -0.2) is 29.8 Å². The lowest BCUT2D eigenvalue weighted by molar-refractivity contribution is -0.228. The summed E-state index contributed by atoms with van der Waals surface area (Å²) in [5.74, 6) is -1.39. The summed E-state index contributed by atoms with van der Waals surface area (Å²) in [6.45, 7) is 1.15. The van der Waals surface area contributed by atoms with Gasteiger partial charge in [-0.05, 0) is 85.2 Å². The van der Waals surface area contributed by atoms with E-state index in [1.165, 1.54) is 30.3 Å². The van der Waals surface area contributed by atoms with E-state index in [0.717, 1.165) is 16.8 Å². The lowest BCUT2D eigenvalue weighted by atomic mass is 9.63. The minimum Gasteiger partial charge on any atom is -0.478 e. The van der Waals surface area contributed by atoms with Crippen LogP contribution in [0.25, 0.3) is 0 Å². The van der Waals surface area contributed by atoms with E-state index in [1.54, 1.807) is 30.3 Å². The number of alkyl halides is 4. The zero-order valence-corrected chi connectivity index (χ0v) is 20.2. The molecule has 0 saturated carbocycles. The second kappa shape index (κ2) is 8.85. The molecule has 5 rings (SSSR count). The number of carboxylic acid groups (broad SMARTS) is 1. The third-order valence-electron chi connectivity index (χ3n) is 8.07. The summed E-state index contributed by atoms with van der Waals surface area (Å²) in [7, 11) is 0. The van der Waals surface area contributed by atoms with Crippen molar-refractivity contribution in [2.45, 2.75) is 55.9 Å². The maximum absolute atomic E-state index is 14.8. The first-order chi connectivity index (χ1) is 17.4. The number of benzene rings is 3. The molecule has 3 aromatic rings. The van der Waals surface area contributed by atoms with Gasteiger partial charge in [0.25, 0.3) is 0 Å². The molecule has 0 bridgehead atoms. The maximum Gasteiger partial charge on any atom is 0.426 e. The van der Waals surface area contributed by atoms with Gasteiger partial charge in [-0.2, -0.15) is 13.2 Å². The predicted octanol–water partition coefficient (Wildman–Crippen LogP) is 6.98. The first kappa shape index (κ1) is 25.2. The number of hydrogen-bond acceptors (Lipinski definition) is 2. The number of hydrogen-bond donors (Lipinski definition) is 1. The van der Waals surface area contributed by atoms with E-state index >= 15 is 0 Å². The van der Waals surface area contributed by atoms with E-state index in [9.17, 15) is 31.9 Å². The normalized spacial score (nSPS) is 22.8. The topological polar surface area (TPSA) is 40.5 Å². The van der Waals surface area contributed by atoms with Crippen LogP contribution in [0.4, 0.5) is 27.6 Å². The summed E-state index contributed by atoms with van der Waals surface area (Å²) in [5, 5.41) is 9.47. The van der Waals surface area contributed by atoms with Crippen LogP contribution in [0, 0.1) is 5.82 Å². The molecule has 1 N–H and O–H groups in total. The number of carboxylic acids is 1. The molecule has 3 atom stereocenters. The van der Waals surface area contributed by atoms with Crippen molar-refractivity contribution in [1.82, 2.24) is 0 Å². The first-order valence-electron chi connectivity index (χ1n) is 12.2. The van der Waals surface area contributed by atoms with Crippen molar-refractivity contribution >= 4 is 11.7 Å². The third-order valence-corrected chi connectivity index (χ3v) is 8.07. The Labute approximate surface area is 211 Å². The number of anilines is 1. The number of aromatic carboxylic acids is 1. The van der Waals surface area contributed by atoms with Gasteiger partial charge >= 0.3 is 12.1 Å². The number of nitrogens with zero attached hydrogens (tertiary/aromatic N) is 1. The van der Waals surface area contributed by atoms with Gasteiger partial charge in [-0.15, -0.1) is 0 Å². The highest BCUT2D eigenvalue weighted by molar-refractivity contribution is 5.89. The fourth-order valence-electron chi connectivity index (χ4n) is 6.12. The van der Waals surface area contributed by atoms with E-state index in [2.05, 4.69) is 4.90 Å². The van der Waals surface area contributed by atoms with Crippen molar-refractivity contribution in [1.29, 1.82) is 0 Å². The number of carbonyl (C=O) groups is 1. The Morgan fingerprint density at radius 1 is 1.05 bits per heavy atom. The van der Waals surface area contributed by atoms with Crippen molar-refractivity contribution < 1.29 is 31.9 Å². The van der Waals surface area contributed by atoms with Crippen LogP contribution < -0.4 is 4.90 Å². The Morgan fingerprint density at radius 3 is 2.46 bits per heavy atom. The SMILES string of the molecule is CC(F)(c1ccc2c(c1)CC[C@H]1N(c3cccc(C(=O)O)c3)CC[C@@]21Cc1ccc(F)cc1)C(F)(F)F. The molecule has 0 spiro atoms. The highest BCUT2D eigenvalue weighted by Crippen LogP contribution is 2.52. The second-order valence-corrected chi connectivity index (χ2v) is 10.2. The van der Waals surface area contributed by atoms with Crippen LogP contribution in [0.1, 0.15) is 52.4 Å². The lowest BCUT2D eigenvalue weighted by Crippen LogP contribution is -2.48. The third kappa shape index (κ3) is 4.26. The van der Waals surface area contributed by atoms with Crippen molar-refractivity contribution in [2.24, 2.45) is 0 Å². The molecule has 1 fully saturated rings. The van der Waals surface area contributed by atoms with E-state index in [4.69, 9.17) is 0 Å². The minimum absolute atomic E-state index is 0.0701. The van der Waals surface area contributed by atoms with E-state index in [1.807, 2.05) is 6.07 Å². The predicted molar refractivity (Wildman–Crippen MR) is 130 cm³/mol. The maximum atomic E-state index is 14.8. The fourth-order valence-corrected chi connectivity index (χ4v) is 6.12. The van der Waals surface area contributed by atoms with Crippen LogP contribution in [-0.2, 0) is 23.9 Å². The molecule has 0 aromatic heterocycles. The fraction of sp³-hybridized carbons (Fsp3) is 0.345. The van der Waals surface area contributed by atoms with Crippen LogP contribution in [0.5, 0.6) is 0 Å². The molecule has 2 aliphatic rings. The van der Waals surface area contributed by atoms with Gasteiger partial charge < -0.3 is 10.0 Å². The zero-order valence-electron chi connectivity index (χ0n) is 20.2. The minimum atomic E-state index is -5.04. The van der Waals surface area contributed by atoms with E-state index < -0.39 is 28.8 Å². The average molecular weight is 516 g/mol. The van der Waals surface area contributed by atoms with Crippen LogP contribution in [0.15, 0.2) is 66.7 Å². The van der Waals surface area contributed by atoms with Crippen molar-refractivity contribution in [2.75, 3.05) is 11.4 Å². The van der Waals surface area contributed by atoms with Gasteiger partial charge in [0.15, 0.2) is 0 Å². The molecule has 1 unspecified atom stereocenters. The van der Waals surface area contributed by atoms with Gasteiger partial charge in [0, 0.05) is 23.7 Å². The Hall–Kier alpha value is -3.42. The van der Waals surface area contributed by atoms with Gasteiger partial charge in [-0.3, -0.25) is 0 Å². The molecule has 8 heteroatoms. The van der Waals surface area contributed by atoms with Gasteiger partial charge in [0.05, 0.1) is 5.56 Å². The summed E-state index contributed by atoms with van der Waals surface area (Å²) in [6, 6.07) is 17.0. The second-order valence-electron chi connectivity index (χ2n) is 10.2. The molecular formula is C29H26F5NO2. The number of fused-ring (bicyclic) bond motifs is 3. The van der Waals surface area contributed by atoms with Crippen LogP contribution >= 0.6 is 0 Å². The highest BCUT2D eigenvalue weighted by Gasteiger charge is 2.55. The summed E-state index contributed by atoms with van der Waals surface area (Å²) >= 11 is 0. The lowest BCUT2D eigenvalue weighted by Gasteiger charge is -2.44. The molecule has 3 aromatic carbocycles. The van der Waals surface area contributed by atoms with E-state index in [0.29, 0.717) is 44.7 Å². The largest absolute Gasteiger partial charge is 0.478 e. The molecule has 1 aliphatic heterocycles. The number of aryl methyl sites for hydroxylation is 1. The molecule has 1 saturated heterocycles. The zero-order chi connectivity index (χ0) is 26.6. The van der Waals surface area contributed by atoms with Crippen LogP contribution in [0.3, 0.4) is 0 Å².